The number of aromatic amines is 1. The fraction of sp³-hybridized carbons (Fsp3) is 0.241. The third-order valence-corrected chi connectivity index (χ3v) is 7.46. The van der Waals surface area contributed by atoms with Crippen LogP contribution in [-0.2, 0) is 19.2 Å². The van der Waals surface area contributed by atoms with Gasteiger partial charge < -0.3 is 4.74 Å². The highest BCUT2D eigenvalue weighted by molar-refractivity contribution is 5.99. The van der Waals surface area contributed by atoms with E-state index in [2.05, 4.69) is 20.1 Å². The zero-order valence-electron chi connectivity index (χ0n) is 21.6. The molecule has 1 aliphatic heterocycles. The van der Waals surface area contributed by atoms with Crippen molar-refractivity contribution in [2.24, 2.45) is 0 Å². The molecule has 1 saturated carbocycles. The zero-order valence-corrected chi connectivity index (χ0v) is 21.6. The van der Waals surface area contributed by atoms with Gasteiger partial charge in [0.25, 0.3) is 0 Å². The van der Waals surface area contributed by atoms with Crippen LogP contribution in [0.1, 0.15) is 70.8 Å². The van der Waals surface area contributed by atoms with Crippen LogP contribution < -0.4 is 10.5 Å². The Hall–Kier alpha value is -4.74. The monoisotopic (exact) mass is 563 g/mol. The Morgan fingerprint density at radius 3 is 2.63 bits per heavy atom. The molecule has 0 radical (unpaired) electrons. The summed E-state index contributed by atoms with van der Waals surface area (Å²) in [5.41, 5.74) is 4.99. The van der Waals surface area contributed by atoms with E-state index in [1.54, 1.807) is 17.4 Å². The van der Waals surface area contributed by atoms with Gasteiger partial charge in [-0.25, -0.2) is 19.2 Å². The normalized spacial score (nSPS) is 16.2. The summed E-state index contributed by atoms with van der Waals surface area (Å²) in [6.45, 7) is 1.92. The van der Waals surface area contributed by atoms with Crippen molar-refractivity contribution >= 4 is 16.9 Å². The molecule has 0 saturated heterocycles. The predicted octanol–water partition coefficient (Wildman–Crippen LogP) is 5.90. The van der Waals surface area contributed by atoms with Crippen LogP contribution in [0, 0.1) is 5.82 Å². The van der Waals surface area contributed by atoms with E-state index in [0.717, 1.165) is 47.0 Å². The molecule has 0 amide bonds. The fourth-order valence-electron chi connectivity index (χ4n) is 5.36. The van der Waals surface area contributed by atoms with Gasteiger partial charge in [-0.1, -0.05) is 23.4 Å². The molecule has 208 valence electrons. The molecular weight excluding hydrogens is 542 g/mol. The molecule has 0 atom stereocenters. The Morgan fingerprint density at radius 1 is 1.10 bits per heavy atom. The van der Waals surface area contributed by atoms with Crippen molar-refractivity contribution in [1.82, 2.24) is 24.5 Å². The lowest BCUT2D eigenvalue weighted by Crippen LogP contribution is -2.09. The summed E-state index contributed by atoms with van der Waals surface area (Å²) in [4.78, 5) is 22.5. The molecular formula is C29H21F4N5O3. The minimum atomic E-state index is -4.56. The first-order valence-electron chi connectivity index (χ1n) is 12.9. The third-order valence-electron chi connectivity index (χ3n) is 7.46. The third kappa shape index (κ3) is 4.48. The lowest BCUT2D eigenvalue weighted by molar-refractivity contribution is -0.141. The van der Waals surface area contributed by atoms with Crippen molar-refractivity contribution in [3.8, 4) is 5.75 Å². The van der Waals surface area contributed by atoms with E-state index in [0.29, 0.717) is 28.9 Å². The van der Waals surface area contributed by atoms with E-state index >= 15 is 0 Å². The maximum absolute atomic E-state index is 14.2. The molecule has 12 heteroatoms. The van der Waals surface area contributed by atoms with Gasteiger partial charge in [-0.15, -0.1) is 0 Å². The highest BCUT2D eigenvalue weighted by Gasteiger charge is 2.35. The summed E-state index contributed by atoms with van der Waals surface area (Å²) in [5, 5.41) is 3.83. The minimum absolute atomic E-state index is 0.0229. The van der Waals surface area contributed by atoms with Crippen molar-refractivity contribution in [3.63, 3.8) is 0 Å². The Balaban J connectivity index is 1.33. The molecule has 2 aromatic carbocycles. The van der Waals surface area contributed by atoms with Gasteiger partial charge in [0.1, 0.15) is 23.9 Å². The molecule has 2 aliphatic rings. The first kappa shape index (κ1) is 25.2. The van der Waals surface area contributed by atoms with Crippen molar-refractivity contribution in [1.29, 1.82) is 0 Å². The van der Waals surface area contributed by atoms with E-state index in [9.17, 15) is 22.4 Å². The largest absolute Gasteiger partial charge is 0.488 e. The second-order valence-electron chi connectivity index (χ2n) is 10.2. The lowest BCUT2D eigenvalue weighted by Gasteiger charge is -2.14. The molecule has 5 aromatic rings. The Bertz CT molecular complexity index is 1930. The number of nitrogens with zero attached hydrogens (tertiary/aromatic N) is 4. The fourth-order valence-corrected chi connectivity index (χ4v) is 5.36. The number of hydrogen-bond acceptors (Lipinski definition) is 6. The quantitative estimate of drug-likeness (QED) is 0.273. The molecule has 7 rings (SSSR count). The van der Waals surface area contributed by atoms with Crippen LogP contribution in [-0.4, -0.2) is 24.5 Å². The average Bonchev–Trinajstić information content (AvgIpc) is 3.63. The Labute approximate surface area is 229 Å². The summed E-state index contributed by atoms with van der Waals surface area (Å²) < 4.78 is 66.4. The predicted molar refractivity (Wildman–Crippen MR) is 139 cm³/mol. The van der Waals surface area contributed by atoms with E-state index < -0.39 is 23.4 Å². The number of hydrogen-bond donors (Lipinski definition) is 1. The number of H-pyrrole nitrogens is 1. The molecule has 4 heterocycles. The van der Waals surface area contributed by atoms with Crippen molar-refractivity contribution < 1.29 is 26.8 Å². The van der Waals surface area contributed by atoms with Gasteiger partial charge in [-0.2, -0.15) is 13.2 Å². The minimum Gasteiger partial charge on any atom is -0.488 e. The summed E-state index contributed by atoms with van der Waals surface area (Å²) in [5.74, 6) is -0.359. The number of fused-ring (bicyclic) bond motifs is 3. The van der Waals surface area contributed by atoms with Crippen LogP contribution in [0.3, 0.4) is 0 Å². The molecule has 1 N–H and O–H groups in total. The van der Waals surface area contributed by atoms with E-state index in [1.807, 2.05) is 18.2 Å². The number of aromatic nitrogens is 5. The second-order valence-corrected chi connectivity index (χ2v) is 10.2. The number of ether oxygens (including phenoxy) is 1. The van der Waals surface area contributed by atoms with Crippen LogP contribution in [0.4, 0.5) is 17.6 Å². The lowest BCUT2D eigenvalue weighted by atomic mass is 9.89. The maximum Gasteiger partial charge on any atom is 0.439 e. The molecule has 0 spiro atoms. The summed E-state index contributed by atoms with van der Waals surface area (Å²) >= 11 is 0. The molecule has 3 aromatic heterocycles. The van der Waals surface area contributed by atoms with Gasteiger partial charge >= 0.3 is 11.9 Å². The highest BCUT2D eigenvalue weighted by Crippen LogP contribution is 2.43. The topological polar surface area (TPSA) is 98.3 Å². The second kappa shape index (κ2) is 9.15. The highest BCUT2D eigenvalue weighted by atomic mass is 19.4. The number of allylic oxidation sites excluding steroid dienone is 1. The molecule has 1 aliphatic carbocycles. The number of imidazole rings is 1. The van der Waals surface area contributed by atoms with Gasteiger partial charge in [-0.05, 0) is 60.2 Å². The molecule has 1 fully saturated rings. The first-order valence-corrected chi connectivity index (χ1v) is 12.9. The molecule has 0 bridgehead atoms. The van der Waals surface area contributed by atoms with Crippen LogP contribution in [0.2, 0.25) is 0 Å². The first-order chi connectivity index (χ1) is 19.7. The molecule has 8 nitrogen and oxygen atoms in total. The van der Waals surface area contributed by atoms with Crippen LogP contribution in [0.5, 0.6) is 5.75 Å². The number of rotatable bonds is 4. The maximum atomic E-state index is 14.2. The average molecular weight is 564 g/mol. The smallest absolute Gasteiger partial charge is 0.439 e. The van der Waals surface area contributed by atoms with Crippen LogP contribution in [0.25, 0.3) is 16.9 Å². The van der Waals surface area contributed by atoms with Crippen LogP contribution >= 0.6 is 0 Å². The number of nitrogens with one attached hydrogen (secondary N) is 1. The van der Waals surface area contributed by atoms with Gasteiger partial charge in [0.2, 0.25) is 5.78 Å². The van der Waals surface area contributed by atoms with Crippen molar-refractivity contribution in [2.45, 2.75) is 44.9 Å². The number of alkyl halides is 3. The number of benzene rings is 2. The Morgan fingerprint density at radius 2 is 1.90 bits per heavy atom. The van der Waals surface area contributed by atoms with Crippen LogP contribution in [0.15, 0.2) is 58.0 Å². The number of halogens is 4. The van der Waals surface area contributed by atoms with Gasteiger partial charge in [0, 0.05) is 35.7 Å². The standard InChI is InChI=1S/C29H21F4N5O3/c1-14(26-36-28(39)41-37-26)24-19-6-2-15(10-17(19)13-40-22-12-18(30)5-7-20(22)24)11-21-25(16-3-4-16)35-27-34-23(29(31,32)33)8-9-38(21)27/h2,5-10,12,16H,3-4,11,13H2,1H3,(H,36,37,39). The van der Waals surface area contributed by atoms with Gasteiger partial charge in [0.05, 0.1) is 11.4 Å². The van der Waals surface area contributed by atoms with E-state index in [4.69, 9.17) is 9.26 Å². The van der Waals surface area contributed by atoms with E-state index in [-0.39, 0.29) is 24.1 Å². The summed E-state index contributed by atoms with van der Waals surface area (Å²) in [6.07, 6.45) is -0.933. The Kier molecular flexibility index (Phi) is 5.63. The van der Waals surface area contributed by atoms with Crippen molar-refractivity contribution in [2.75, 3.05) is 0 Å². The van der Waals surface area contributed by atoms with E-state index in [1.165, 1.54) is 18.3 Å². The van der Waals surface area contributed by atoms with Crippen molar-refractivity contribution in [3.05, 3.63) is 110 Å². The molecule has 41 heavy (non-hydrogen) atoms. The zero-order chi connectivity index (χ0) is 28.5. The molecule has 0 unspecified atom stereocenters. The summed E-state index contributed by atoms with van der Waals surface area (Å²) in [6, 6.07) is 11.0. The van der Waals surface area contributed by atoms with Gasteiger partial charge in [0.15, 0.2) is 5.82 Å². The SMILES string of the molecule is CC(=C1c2ccc(Cc3c(C4CC4)nc4nc(C(F)(F)F)ccn34)cc2COc2cc(F)ccc21)c1noc(=O)[nH]1. The summed E-state index contributed by atoms with van der Waals surface area (Å²) in [7, 11) is 0. The van der Waals surface area contributed by atoms with Gasteiger partial charge in [-0.3, -0.25) is 13.9 Å².